The number of benzene rings is 3. The highest BCUT2D eigenvalue weighted by Gasteiger charge is 2.38. The molecule has 9 nitrogen and oxygen atoms in total. The number of anilines is 1. The molecule has 0 aliphatic heterocycles. The predicted molar refractivity (Wildman–Crippen MR) is 169 cm³/mol. The molecule has 0 saturated carbocycles. The van der Waals surface area contributed by atoms with Gasteiger partial charge in [0, 0.05) is 12.2 Å². The molecule has 4 N–H and O–H groups in total. The highest BCUT2D eigenvalue weighted by atomic mass is 16.6. The van der Waals surface area contributed by atoms with Crippen molar-refractivity contribution < 1.29 is 23.9 Å². The number of fused-ring (bicyclic) bond motifs is 1. The topological polar surface area (TPSA) is 131 Å². The van der Waals surface area contributed by atoms with Crippen molar-refractivity contribution in [3.63, 3.8) is 0 Å². The van der Waals surface area contributed by atoms with Gasteiger partial charge in [0.15, 0.2) is 0 Å². The summed E-state index contributed by atoms with van der Waals surface area (Å²) in [5, 5.41) is 7.56. The number of hydrogen-bond donors (Lipinski definition) is 3. The predicted octanol–water partition coefficient (Wildman–Crippen LogP) is 5.92. The number of alkyl carbamates (subject to hydrolysis) is 1. The molecule has 0 aromatic heterocycles. The molecule has 43 heavy (non-hydrogen) atoms. The molecule has 0 spiro atoms. The lowest BCUT2D eigenvalue weighted by molar-refractivity contribution is -0.142. The maximum Gasteiger partial charge on any atom is 0.408 e. The number of unbranched alkanes of at least 4 members (excludes halogenated alkanes) is 2. The highest BCUT2D eigenvalue weighted by molar-refractivity contribution is 6.01. The molecular formula is C34H44N4O5. The Morgan fingerprint density at radius 1 is 0.907 bits per heavy atom. The Bertz CT molecular complexity index is 1440. The summed E-state index contributed by atoms with van der Waals surface area (Å²) in [6.07, 6.45) is 1.01. The SMILES string of the molecule is CCCCCN(C(=O)C(CC(N)=O)NC(=O)OC(C)(C)C)C(C(=O)Nc1ccc2ccccc2c1)c1c(C)cccc1C. The van der Waals surface area contributed by atoms with E-state index in [-0.39, 0.29) is 6.54 Å². The van der Waals surface area contributed by atoms with Crippen molar-refractivity contribution >= 4 is 40.3 Å². The van der Waals surface area contributed by atoms with E-state index in [0.717, 1.165) is 34.7 Å². The van der Waals surface area contributed by atoms with E-state index in [1.54, 1.807) is 20.8 Å². The van der Waals surface area contributed by atoms with Crippen LogP contribution in [0, 0.1) is 13.8 Å². The Morgan fingerprint density at radius 3 is 2.16 bits per heavy atom. The molecule has 2 atom stereocenters. The van der Waals surface area contributed by atoms with Crippen LogP contribution >= 0.6 is 0 Å². The van der Waals surface area contributed by atoms with Crippen molar-refractivity contribution in [1.29, 1.82) is 0 Å². The second-order valence-corrected chi connectivity index (χ2v) is 11.9. The second-order valence-electron chi connectivity index (χ2n) is 11.9. The number of amides is 4. The zero-order chi connectivity index (χ0) is 31.7. The fraction of sp³-hybridized carbons (Fsp3) is 0.412. The van der Waals surface area contributed by atoms with Gasteiger partial charge in [0.05, 0.1) is 6.42 Å². The van der Waals surface area contributed by atoms with E-state index < -0.39 is 47.9 Å². The van der Waals surface area contributed by atoms with Crippen molar-refractivity contribution in [2.24, 2.45) is 5.73 Å². The fourth-order valence-corrected chi connectivity index (χ4v) is 5.11. The van der Waals surface area contributed by atoms with Gasteiger partial charge < -0.3 is 26.0 Å². The Labute approximate surface area is 254 Å². The third-order valence-electron chi connectivity index (χ3n) is 7.07. The van der Waals surface area contributed by atoms with E-state index in [9.17, 15) is 19.2 Å². The normalized spacial score (nSPS) is 12.7. The van der Waals surface area contributed by atoms with Gasteiger partial charge in [-0.15, -0.1) is 0 Å². The summed E-state index contributed by atoms with van der Waals surface area (Å²) in [4.78, 5) is 54.9. The molecule has 0 saturated heterocycles. The number of hydrogen-bond acceptors (Lipinski definition) is 5. The van der Waals surface area contributed by atoms with E-state index in [0.29, 0.717) is 17.7 Å². The molecule has 230 valence electrons. The summed E-state index contributed by atoms with van der Waals surface area (Å²) in [6, 6.07) is 16.8. The number of nitrogens with zero attached hydrogens (tertiary/aromatic N) is 1. The summed E-state index contributed by atoms with van der Waals surface area (Å²) in [6.45, 7) is 11.2. The average molecular weight is 589 g/mol. The first-order valence-electron chi connectivity index (χ1n) is 14.7. The minimum atomic E-state index is -1.32. The summed E-state index contributed by atoms with van der Waals surface area (Å²) in [5.41, 5.74) is 7.62. The van der Waals surface area contributed by atoms with Crippen LogP contribution in [0.25, 0.3) is 10.8 Å². The van der Waals surface area contributed by atoms with Crippen molar-refractivity contribution in [3.8, 4) is 0 Å². The Kier molecular flexibility index (Phi) is 11.3. The third-order valence-corrected chi connectivity index (χ3v) is 7.07. The molecule has 3 aromatic carbocycles. The van der Waals surface area contributed by atoms with Crippen molar-refractivity contribution in [1.82, 2.24) is 10.2 Å². The molecule has 4 amide bonds. The van der Waals surface area contributed by atoms with Gasteiger partial charge in [-0.1, -0.05) is 68.3 Å². The molecule has 3 aromatic rings. The largest absolute Gasteiger partial charge is 0.444 e. The van der Waals surface area contributed by atoms with Crippen LogP contribution in [0.4, 0.5) is 10.5 Å². The first-order valence-corrected chi connectivity index (χ1v) is 14.7. The van der Waals surface area contributed by atoms with Gasteiger partial charge in [-0.05, 0) is 80.6 Å². The average Bonchev–Trinajstić information content (AvgIpc) is 2.91. The molecule has 2 unspecified atom stereocenters. The number of carbonyl (C=O) groups is 4. The first kappa shape index (κ1) is 33.1. The van der Waals surface area contributed by atoms with Gasteiger partial charge in [-0.25, -0.2) is 4.79 Å². The van der Waals surface area contributed by atoms with Gasteiger partial charge in [-0.2, -0.15) is 0 Å². The second kappa shape index (κ2) is 14.7. The zero-order valence-corrected chi connectivity index (χ0v) is 26.0. The summed E-state index contributed by atoms with van der Waals surface area (Å²) in [5.74, 6) is -1.78. The maximum atomic E-state index is 14.3. The molecular weight excluding hydrogens is 544 g/mol. The minimum Gasteiger partial charge on any atom is -0.444 e. The number of rotatable bonds is 12. The van der Waals surface area contributed by atoms with Crippen LogP contribution in [0.1, 0.15) is 76.1 Å². The molecule has 3 rings (SSSR count). The Morgan fingerprint density at radius 2 is 1.56 bits per heavy atom. The Balaban J connectivity index is 2.09. The van der Waals surface area contributed by atoms with Crippen molar-refractivity contribution in [2.45, 2.75) is 84.9 Å². The number of ether oxygens (including phenoxy) is 1. The van der Waals surface area contributed by atoms with Crippen LogP contribution < -0.4 is 16.4 Å². The molecule has 0 bridgehead atoms. The van der Waals surface area contributed by atoms with Crippen LogP contribution in [0.5, 0.6) is 0 Å². The lowest BCUT2D eigenvalue weighted by atomic mass is 9.93. The molecule has 0 aliphatic carbocycles. The summed E-state index contributed by atoms with van der Waals surface area (Å²) in [7, 11) is 0. The van der Waals surface area contributed by atoms with Crippen LogP contribution in [0.2, 0.25) is 0 Å². The quantitative estimate of drug-likeness (QED) is 0.226. The minimum absolute atomic E-state index is 0.224. The molecule has 0 fully saturated rings. The van der Waals surface area contributed by atoms with Crippen LogP contribution in [0.3, 0.4) is 0 Å². The van der Waals surface area contributed by atoms with E-state index in [4.69, 9.17) is 10.5 Å². The van der Waals surface area contributed by atoms with Gasteiger partial charge in [-0.3, -0.25) is 14.4 Å². The van der Waals surface area contributed by atoms with Crippen molar-refractivity contribution in [3.05, 3.63) is 77.4 Å². The van der Waals surface area contributed by atoms with Crippen LogP contribution in [0.15, 0.2) is 60.7 Å². The van der Waals surface area contributed by atoms with E-state index >= 15 is 0 Å². The lowest BCUT2D eigenvalue weighted by Crippen LogP contribution is -2.53. The number of primary amides is 1. The highest BCUT2D eigenvalue weighted by Crippen LogP contribution is 2.31. The number of nitrogens with two attached hydrogens (primary N) is 1. The third kappa shape index (κ3) is 9.30. The molecule has 0 heterocycles. The standard InChI is InChI=1S/C34H44N4O5/c1-7-8-11-19-38(32(41)27(21-28(35)39)37-33(42)43-34(4,5)6)30(29-22(2)13-12-14-23(29)3)31(40)36-26-18-17-24-15-9-10-16-25(24)20-26/h9-10,12-18,20,27,30H,7-8,11,19,21H2,1-6H3,(H2,35,39)(H,36,40)(H,37,42). The smallest absolute Gasteiger partial charge is 0.408 e. The van der Waals surface area contributed by atoms with Crippen LogP contribution in [-0.2, 0) is 19.1 Å². The zero-order valence-electron chi connectivity index (χ0n) is 26.0. The molecule has 0 radical (unpaired) electrons. The molecule has 0 aliphatic rings. The van der Waals surface area contributed by atoms with Gasteiger partial charge >= 0.3 is 6.09 Å². The Hall–Kier alpha value is -4.40. The van der Waals surface area contributed by atoms with E-state index in [1.807, 2.05) is 81.4 Å². The summed E-state index contributed by atoms with van der Waals surface area (Å²) >= 11 is 0. The monoisotopic (exact) mass is 588 g/mol. The first-order chi connectivity index (χ1) is 20.3. The fourth-order valence-electron chi connectivity index (χ4n) is 5.11. The number of nitrogens with one attached hydrogen (secondary N) is 2. The van der Waals surface area contributed by atoms with Crippen LogP contribution in [-0.4, -0.2) is 46.9 Å². The maximum absolute atomic E-state index is 14.3. The summed E-state index contributed by atoms with van der Waals surface area (Å²) < 4.78 is 5.37. The lowest BCUT2D eigenvalue weighted by Gasteiger charge is -2.35. The van der Waals surface area contributed by atoms with Gasteiger partial charge in [0.25, 0.3) is 5.91 Å². The molecule has 9 heteroatoms. The van der Waals surface area contributed by atoms with Gasteiger partial charge in [0.2, 0.25) is 11.8 Å². The van der Waals surface area contributed by atoms with Gasteiger partial charge in [0.1, 0.15) is 17.7 Å². The van der Waals surface area contributed by atoms with E-state index in [2.05, 4.69) is 10.6 Å². The number of aryl methyl sites for hydroxylation is 2. The number of carbonyl (C=O) groups excluding carboxylic acids is 4. The van der Waals surface area contributed by atoms with E-state index in [1.165, 1.54) is 4.90 Å². The van der Waals surface area contributed by atoms with Crippen molar-refractivity contribution in [2.75, 3.05) is 11.9 Å².